The van der Waals surface area contributed by atoms with Crippen LogP contribution in [0.1, 0.15) is 54.4 Å². The fourth-order valence-corrected chi connectivity index (χ4v) is 2.73. The normalized spacial score (nSPS) is 10.3. The van der Waals surface area contributed by atoms with E-state index >= 15 is 0 Å². The Morgan fingerprint density at radius 2 is 1.02 bits per heavy atom. The van der Waals surface area contributed by atoms with E-state index in [1.54, 1.807) is 41.5 Å². The molecule has 44 heavy (non-hydrogen) atoms. The average molecular weight is 730 g/mol. The van der Waals surface area contributed by atoms with Crippen molar-refractivity contribution in [2.24, 2.45) is 0 Å². The van der Waals surface area contributed by atoms with Crippen LogP contribution in [0.5, 0.6) is 0 Å². The number of imide groups is 1. The van der Waals surface area contributed by atoms with E-state index in [4.69, 9.17) is 42.1 Å². The summed E-state index contributed by atoms with van der Waals surface area (Å²) in [6.07, 6.45) is -0.311. The average Bonchev–Trinajstić information content (AvgIpc) is 2.93. The van der Waals surface area contributed by atoms with Crippen LogP contribution >= 0.6 is 0 Å². The van der Waals surface area contributed by atoms with E-state index in [2.05, 4.69) is 51.7 Å². The van der Waals surface area contributed by atoms with Gasteiger partial charge in [0.25, 0.3) is 0 Å². The molecule has 0 aromatic heterocycles. The molecule has 0 aliphatic heterocycles. The molecule has 14 nitrogen and oxygen atoms in total. The molecule has 0 aliphatic rings. The quantitative estimate of drug-likeness (QED) is 0.135. The second-order valence-electron chi connectivity index (χ2n) is 9.98. The van der Waals surface area contributed by atoms with Gasteiger partial charge < -0.3 is 19.3 Å². The number of aliphatic hydroxyl groups is 1. The molecule has 0 bridgehead atoms. The monoisotopic (exact) mass is 729 g/mol. The van der Waals surface area contributed by atoms with Gasteiger partial charge in [0.15, 0.2) is 0 Å². The molecular formula is C27H37Co2NO13Si. The van der Waals surface area contributed by atoms with Crippen molar-refractivity contribution >= 4 is 26.2 Å². The first-order valence-electron chi connectivity index (χ1n) is 11.1. The Hall–Kier alpha value is -2.42. The van der Waals surface area contributed by atoms with E-state index in [-0.39, 0.29) is 46.4 Å². The molecule has 2 atom stereocenters. The van der Waals surface area contributed by atoms with E-state index in [1.807, 2.05) is 19.6 Å². The Kier molecular flexibility index (Phi) is 56.6. The summed E-state index contributed by atoms with van der Waals surface area (Å²) in [5.74, 6) is -0.822. The third-order valence-corrected chi connectivity index (χ3v) is 4.19. The van der Waals surface area contributed by atoms with E-state index in [0.717, 1.165) is 7.11 Å². The maximum Gasteiger partial charge on any atom is 0 e. The Labute approximate surface area is 281 Å². The smallest absolute Gasteiger partial charge is 0 e. The largest absolute Gasteiger partial charge is 0 e. The fourth-order valence-electron chi connectivity index (χ4n) is 2.13. The van der Waals surface area contributed by atoms with Gasteiger partial charge in [-0.1, -0.05) is 25.3 Å². The van der Waals surface area contributed by atoms with Crippen LogP contribution in [-0.4, -0.2) is 66.7 Å². The molecule has 1 N–H and O–H groups in total. The Bertz CT molecular complexity index is 818. The summed E-state index contributed by atoms with van der Waals surface area (Å²) < 4.78 is 60.4. The van der Waals surface area contributed by atoms with Gasteiger partial charge in [-0.05, 0) is 60.5 Å². The van der Waals surface area contributed by atoms with Gasteiger partial charge in [-0.3, -0.25) is 0 Å². The molecule has 2 amide bonds. The summed E-state index contributed by atoms with van der Waals surface area (Å²) in [5.41, 5.74) is 1.25. The molecule has 0 aromatic carbocycles. The standard InChI is InChI=1S/C21H37NO7Si.6CO.2Co/c1-20(2,3)28-18(25)22(19(26)29-21(4,5)6)16(17(24)27-7)12-11-15(23)13-14-30(8,9)10;6*1-2;;/h15-16,23H,11-12H2,1-10H3;;;;;;;;/t15?,16-;;;;;;;;/m0......../s1. The van der Waals surface area contributed by atoms with Crippen LogP contribution in [0.2, 0.25) is 19.6 Å². The zero-order chi connectivity index (χ0) is 35.9. The minimum absolute atomic E-state index is 0. The number of nitrogens with zero attached hydrogens (tertiary/aromatic N) is 1. The van der Waals surface area contributed by atoms with Gasteiger partial charge >= 0.3 is 86.0 Å². The minimum Gasteiger partial charge on any atom is 0 e. The molecule has 0 aliphatic carbocycles. The molecule has 0 fully saturated rings. The first-order chi connectivity index (χ1) is 19.4. The Morgan fingerprint density at radius 1 is 0.727 bits per heavy atom. The number of ether oxygens (including phenoxy) is 3. The first-order valence-corrected chi connectivity index (χ1v) is 14.6. The number of hydrogen-bond donors (Lipinski definition) is 1. The van der Waals surface area contributed by atoms with Crippen LogP contribution in [-0.2, 0) is 80.5 Å². The minimum atomic E-state index is -1.69. The molecule has 0 spiro atoms. The van der Waals surface area contributed by atoms with E-state index in [0.29, 0.717) is 4.90 Å². The number of aliphatic hydroxyl groups excluding tert-OH is 1. The van der Waals surface area contributed by atoms with Gasteiger partial charge in [0.05, 0.1) is 21.3 Å². The molecule has 1 unspecified atom stereocenters. The van der Waals surface area contributed by atoms with Crippen molar-refractivity contribution in [1.82, 2.24) is 4.90 Å². The molecular weight excluding hydrogens is 692 g/mol. The number of carbonyl (C=O) groups is 3. The van der Waals surface area contributed by atoms with Gasteiger partial charge in [0, 0.05) is 33.6 Å². The van der Waals surface area contributed by atoms with E-state index in [1.165, 1.54) is 0 Å². The summed E-state index contributed by atoms with van der Waals surface area (Å²) >= 11 is 0. The molecule has 17 heteroatoms. The second-order valence-corrected chi connectivity index (χ2v) is 14.7. The van der Waals surface area contributed by atoms with Crippen LogP contribution in [0.3, 0.4) is 0 Å². The van der Waals surface area contributed by atoms with Crippen molar-refractivity contribution in [3.63, 3.8) is 0 Å². The molecule has 0 rings (SSSR count). The van der Waals surface area contributed by atoms with Gasteiger partial charge in [-0.2, -0.15) is 4.90 Å². The summed E-state index contributed by atoms with van der Waals surface area (Å²) in [6.45, 7) is 43.0. The molecule has 0 saturated heterocycles. The maximum absolute atomic E-state index is 12.8. The zero-order valence-electron chi connectivity index (χ0n) is 26.0. The SMILES string of the molecule is COC(=O)[C@H](CCC(O)[C]=[C][Si](C)(C)C)N(C(=O)OC(C)(C)C)C(=O)OC(C)(C)C.[C-]#[O+].[C-]#[O+].[C-]#[O+].[C-]#[O+].[C-]#[O+].[C-]#[O+].[Co].[Co]. The van der Waals surface area contributed by atoms with Crippen molar-refractivity contribution in [2.75, 3.05) is 7.11 Å². The van der Waals surface area contributed by atoms with Gasteiger partial charge in [0.2, 0.25) is 0 Å². The fraction of sp³-hybridized carbons (Fsp3) is 0.593. The predicted molar refractivity (Wildman–Crippen MR) is 139 cm³/mol. The third-order valence-electron chi connectivity index (χ3n) is 3.29. The summed E-state index contributed by atoms with van der Waals surface area (Å²) in [4.78, 5) is 38.6. The summed E-state index contributed by atoms with van der Waals surface area (Å²) in [6, 6.07) is -1.33. The summed E-state index contributed by atoms with van der Waals surface area (Å²) in [5, 5.41) is 10.2. The number of methoxy groups -OCH3 is 1. The van der Waals surface area contributed by atoms with Gasteiger partial charge in [-0.15, -0.1) is 0 Å². The first kappa shape index (κ1) is 64.5. The number of amides is 2. The zero-order valence-corrected chi connectivity index (χ0v) is 29.1. The van der Waals surface area contributed by atoms with Crippen LogP contribution < -0.4 is 0 Å². The van der Waals surface area contributed by atoms with E-state index < -0.39 is 49.6 Å². The van der Waals surface area contributed by atoms with Gasteiger partial charge in [0.1, 0.15) is 17.2 Å². The Morgan fingerprint density at radius 3 is 1.25 bits per heavy atom. The molecule has 0 heterocycles. The Balaban J connectivity index is -0.000000111. The second kappa shape index (κ2) is 38.6. The molecule has 0 saturated carbocycles. The topological polar surface area (TPSA) is 222 Å². The number of rotatable bonds is 7. The van der Waals surface area contributed by atoms with Crippen molar-refractivity contribution < 1.29 is 95.2 Å². The number of hydrogen-bond acceptors (Lipinski definition) is 7. The van der Waals surface area contributed by atoms with Crippen molar-refractivity contribution in [1.29, 1.82) is 0 Å². The van der Waals surface area contributed by atoms with Crippen LogP contribution in [0, 0.1) is 51.7 Å². The molecule has 250 valence electrons. The van der Waals surface area contributed by atoms with E-state index in [9.17, 15) is 19.5 Å². The summed E-state index contributed by atoms with van der Waals surface area (Å²) in [7, 11) is -0.536. The van der Waals surface area contributed by atoms with Crippen molar-refractivity contribution in [3.05, 3.63) is 51.7 Å². The number of carbonyl (C=O) groups excluding carboxylic acids is 3. The van der Waals surface area contributed by atoms with Crippen LogP contribution in [0.25, 0.3) is 0 Å². The van der Waals surface area contributed by atoms with Crippen molar-refractivity contribution in [3.8, 4) is 0 Å². The molecule has 0 aromatic rings. The van der Waals surface area contributed by atoms with Crippen molar-refractivity contribution in [2.45, 2.75) is 97.4 Å². The predicted octanol–water partition coefficient (Wildman–Crippen LogP) is 3.65. The van der Waals surface area contributed by atoms with Crippen LogP contribution in [0.4, 0.5) is 9.59 Å². The number of esters is 1. The van der Waals surface area contributed by atoms with Gasteiger partial charge in [-0.25, -0.2) is 14.4 Å². The maximum atomic E-state index is 12.8. The molecule has 4 radical (unpaired) electrons. The third kappa shape index (κ3) is 44.0. The van der Waals surface area contributed by atoms with Crippen LogP contribution in [0.15, 0.2) is 0 Å².